The van der Waals surface area contributed by atoms with Crippen LogP contribution in [-0.4, -0.2) is 20.0 Å². The number of sulfone groups is 1. The van der Waals surface area contributed by atoms with Crippen LogP contribution < -0.4 is 0 Å². The highest BCUT2D eigenvalue weighted by Crippen LogP contribution is 2.29. The van der Waals surface area contributed by atoms with Gasteiger partial charge in [-0.1, -0.05) is 42.0 Å². The Labute approximate surface area is 128 Å². The highest BCUT2D eigenvalue weighted by Gasteiger charge is 2.35. The van der Waals surface area contributed by atoms with Gasteiger partial charge in [0, 0.05) is 5.56 Å². The number of hydrogen-bond donors (Lipinski definition) is 0. The predicted octanol–water partition coefficient (Wildman–Crippen LogP) is 2.58. The zero-order valence-electron chi connectivity index (χ0n) is 11.7. The van der Waals surface area contributed by atoms with Crippen molar-refractivity contribution in [3.05, 3.63) is 70.1 Å². The molecule has 0 heterocycles. The Kier molecular flexibility index (Phi) is 3.30. The summed E-state index contributed by atoms with van der Waals surface area (Å²) in [5.41, 5.74) is 1.58. The zero-order valence-corrected chi connectivity index (χ0v) is 12.6. The number of rotatable bonds is 2. The second-order valence-corrected chi connectivity index (χ2v) is 6.99. The minimum Gasteiger partial charge on any atom is -0.285 e. The molecule has 0 spiro atoms. The summed E-state index contributed by atoms with van der Waals surface area (Å²) >= 11 is 0. The number of aryl methyl sites for hydroxylation is 1. The van der Waals surface area contributed by atoms with Gasteiger partial charge >= 0.3 is 0 Å². The first-order valence-electron chi connectivity index (χ1n) is 6.63. The molecular weight excluding hydrogens is 300 g/mol. The fraction of sp³-hybridized carbons (Fsp3) is 0.0588. The Morgan fingerprint density at radius 2 is 1.45 bits per heavy atom. The quantitative estimate of drug-likeness (QED) is 0.799. The van der Waals surface area contributed by atoms with E-state index in [0.717, 1.165) is 5.56 Å². The van der Waals surface area contributed by atoms with Crippen LogP contribution in [0.25, 0.3) is 6.08 Å². The van der Waals surface area contributed by atoms with Crippen LogP contribution in [0.1, 0.15) is 21.5 Å². The van der Waals surface area contributed by atoms with Gasteiger partial charge in [0.25, 0.3) is 0 Å². The van der Waals surface area contributed by atoms with Crippen molar-refractivity contribution in [2.24, 2.45) is 0 Å². The average Bonchev–Trinajstić information content (AvgIpc) is 2.51. The first kappa shape index (κ1) is 14.4. The van der Waals surface area contributed by atoms with E-state index < -0.39 is 26.3 Å². The van der Waals surface area contributed by atoms with Crippen molar-refractivity contribution in [3.63, 3.8) is 0 Å². The lowest BCUT2D eigenvalue weighted by molar-refractivity contribution is -0.111. The number of allylic oxidation sites excluding steroid dienone is 1. The predicted molar refractivity (Wildman–Crippen MR) is 82.1 cm³/mol. The SMILES string of the molecule is Cc1ccc(S(=O)(=O)C2=Cc3ccccc3C(=O)C2=O)cc1. The third kappa shape index (κ3) is 2.19. The summed E-state index contributed by atoms with van der Waals surface area (Å²) in [4.78, 5) is 23.8. The maximum atomic E-state index is 12.6. The van der Waals surface area contributed by atoms with Crippen LogP contribution in [-0.2, 0) is 14.6 Å². The monoisotopic (exact) mass is 312 g/mol. The molecule has 2 aromatic carbocycles. The zero-order chi connectivity index (χ0) is 15.9. The molecule has 0 amide bonds. The molecule has 0 saturated carbocycles. The van der Waals surface area contributed by atoms with Crippen molar-refractivity contribution in [2.45, 2.75) is 11.8 Å². The van der Waals surface area contributed by atoms with Gasteiger partial charge in [-0.25, -0.2) is 8.42 Å². The van der Waals surface area contributed by atoms with Crippen LogP contribution in [0.3, 0.4) is 0 Å². The number of carbonyl (C=O) groups excluding carboxylic acids is 2. The maximum absolute atomic E-state index is 12.6. The molecule has 110 valence electrons. The van der Waals surface area contributed by atoms with Gasteiger partial charge in [-0.15, -0.1) is 0 Å². The van der Waals surface area contributed by atoms with Crippen molar-refractivity contribution in [3.8, 4) is 0 Å². The second kappa shape index (κ2) is 5.03. The molecule has 0 aromatic heterocycles. The Morgan fingerprint density at radius 1 is 0.818 bits per heavy atom. The number of Topliss-reactive ketones (excluding diaryl/α,β-unsaturated/α-hetero) is 2. The van der Waals surface area contributed by atoms with Crippen LogP contribution >= 0.6 is 0 Å². The van der Waals surface area contributed by atoms with Crippen LogP contribution in [0, 0.1) is 6.92 Å². The topological polar surface area (TPSA) is 68.3 Å². The standard InChI is InChI=1S/C17H12O4S/c1-11-6-8-13(9-7-11)22(20,21)15-10-12-4-2-3-5-14(12)16(18)17(15)19/h2-10H,1H3. The fourth-order valence-electron chi connectivity index (χ4n) is 2.31. The number of fused-ring (bicyclic) bond motifs is 1. The Balaban J connectivity index is 2.19. The van der Waals surface area contributed by atoms with Gasteiger partial charge in [-0.2, -0.15) is 0 Å². The molecule has 0 fully saturated rings. The third-order valence-corrected chi connectivity index (χ3v) is 5.32. The van der Waals surface area contributed by atoms with Crippen molar-refractivity contribution in [1.82, 2.24) is 0 Å². The molecular formula is C17H12O4S. The lowest BCUT2D eigenvalue weighted by atomic mass is 9.95. The summed E-state index contributed by atoms with van der Waals surface area (Å²) in [6, 6.07) is 12.6. The molecule has 0 aliphatic heterocycles. The molecule has 1 aliphatic rings. The number of carbonyl (C=O) groups is 2. The van der Waals surface area contributed by atoms with E-state index in [4.69, 9.17) is 0 Å². The second-order valence-electron chi connectivity index (χ2n) is 5.07. The van der Waals surface area contributed by atoms with Crippen molar-refractivity contribution in [1.29, 1.82) is 0 Å². The molecule has 0 saturated heterocycles. The van der Waals surface area contributed by atoms with Gasteiger partial charge in [-0.05, 0) is 30.7 Å². The Morgan fingerprint density at radius 3 is 2.14 bits per heavy atom. The summed E-state index contributed by atoms with van der Waals surface area (Å²) in [7, 11) is -4.01. The van der Waals surface area contributed by atoms with E-state index in [1.54, 1.807) is 30.3 Å². The van der Waals surface area contributed by atoms with Gasteiger partial charge < -0.3 is 0 Å². The minimum absolute atomic E-state index is 0.00452. The summed E-state index contributed by atoms with van der Waals surface area (Å²) in [5, 5.41) is 0. The smallest absolute Gasteiger partial charge is 0.245 e. The van der Waals surface area contributed by atoms with Crippen molar-refractivity contribution in [2.75, 3.05) is 0 Å². The number of benzene rings is 2. The van der Waals surface area contributed by atoms with Gasteiger partial charge in [0.15, 0.2) is 0 Å². The van der Waals surface area contributed by atoms with Crippen LogP contribution in [0.4, 0.5) is 0 Å². The van der Waals surface area contributed by atoms with Crippen LogP contribution in [0.2, 0.25) is 0 Å². The van der Waals surface area contributed by atoms with Gasteiger partial charge in [0.05, 0.1) is 4.90 Å². The summed E-state index contributed by atoms with van der Waals surface area (Å²) in [5.74, 6) is -1.77. The maximum Gasteiger partial charge on any atom is 0.245 e. The number of hydrogen-bond acceptors (Lipinski definition) is 4. The van der Waals surface area contributed by atoms with Gasteiger partial charge in [0.1, 0.15) is 4.91 Å². The summed E-state index contributed by atoms with van der Waals surface area (Å²) in [6.45, 7) is 1.83. The minimum atomic E-state index is -4.01. The van der Waals surface area contributed by atoms with E-state index in [2.05, 4.69) is 0 Å². The van der Waals surface area contributed by atoms with Crippen molar-refractivity contribution < 1.29 is 18.0 Å². The van der Waals surface area contributed by atoms with E-state index in [9.17, 15) is 18.0 Å². The Bertz CT molecular complexity index is 919. The molecule has 22 heavy (non-hydrogen) atoms. The highest BCUT2D eigenvalue weighted by atomic mass is 32.2. The molecule has 4 nitrogen and oxygen atoms in total. The summed E-state index contributed by atoms with van der Waals surface area (Å²) in [6.07, 6.45) is 1.27. The Hall–Kier alpha value is -2.53. The molecule has 1 aliphatic carbocycles. The summed E-state index contributed by atoms with van der Waals surface area (Å²) < 4.78 is 25.2. The molecule has 0 N–H and O–H groups in total. The van der Waals surface area contributed by atoms with Gasteiger partial charge in [0.2, 0.25) is 21.4 Å². The number of ketones is 2. The van der Waals surface area contributed by atoms with Crippen LogP contribution in [0.5, 0.6) is 0 Å². The van der Waals surface area contributed by atoms with Crippen molar-refractivity contribution >= 4 is 27.5 Å². The normalized spacial score (nSPS) is 14.5. The molecule has 2 aromatic rings. The lowest BCUT2D eigenvalue weighted by Crippen LogP contribution is -2.26. The third-order valence-electron chi connectivity index (χ3n) is 3.54. The first-order valence-corrected chi connectivity index (χ1v) is 8.11. The largest absolute Gasteiger partial charge is 0.285 e. The molecule has 5 heteroatoms. The highest BCUT2D eigenvalue weighted by molar-refractivity contribution is 7.96. The molecule has 0 bridgehead atoms. The average molecular weight is 312 g/mol. The first-order chi connectivity index (χ1) is 10.4. The van der Waals surface area contributed by atoms with E-state index >= 15 is 0 Å². The van der Waals surface area contributed by atoms with E-state index in [1.807, 2.05) is 6.92 Å². The lowest BCUT2D eigenvalue weighted by Gasteiger charge is -2.14. The fourth-order valence-corrected chi connectivity index (χ4v) is 3.68. The molecule has 3 rings (SSSR count). The van der Waals surface area contributed by atoms with E-state index in [0.29, 0.717) is 5.56 Å². The van der Waals surface area contributed by atoms with E-state index in [1.165, 1.54) is 24.3 Å². The molecule has 0 radical (unpaired) electrons. The van der Waals surface area contributed by atoms with Gasteiger partial charge in [-0.3, -0.25) is 9.59 Å². The van der Waals surface area contributed by atoms with Crippen LogP contribution in [0.15, 0.2) is 58.3 Å². The van der Waals surface area contributed by atoms with E-state index in [-0.39, 0.29) is 10.5 Å². The molecule has 0 atom stereocenters. The molecule has 0 unspecified atom stereocenters.